The molecular weight excluding hydrogens is 246 g/mol. The molecular formula is C15H22ClNO. The van der Waals surface area contributed by atoms with Crippen LogP contribution in [-0.4, -0.2) is 5.91 Å². The molecule has 0 saturated heterocycles. The summed E-state index contributed by atoms with van der Waals surface area (Å²) in [6.07, 6.45) is 4.06. The van der Waals surface area contributed by atoms with Gasteiger partial charge in [0.2, 0.25) is 5.91 Å². The van der Waals surface area contributed by atoms with Crippen LogP contribution in [0.5, 0.6) is 0 Å². The minimum absolute atomic E-state index is 0.102. The Balaban J connectivity index is 2.64. The number of carbonyl (C=O) groups is 1. The molecule has 1 amide bonds. The lowest BCUT2D eigenvalue weighted by atomic mass is 9.98. The molecule has 2 nitrogen and oxygen atoms in total. The van der Waals surface area contributed by atoms with Crippen molar-refractivity contribution in [2.75, 3.05) is 5.32 Å². The Morgan fingerprint density at radius 1 is 1.39 bits per heavy atom. The maximum atomic E-state index is 12.1. The van der Waals surface area contributed by atoms with Gasteiger partial charge in [-0.15, -0.1) is 0 Å². The normalized spacial score (nSPS) is 12.2. The van der Waals surface area contributed by atoms with Gasteiger partial charge in [-0.1, -0.05) is 44.4 Å². The van der Waals surface area contributed by atoms with Crippen molar-refractivity contribution in [1.82, 2.24) is 0 Å². The summed E-state index contributed by atoms with van der Waals surface area (Å²) in [7, 11) is 0. The number of amides is 1. The van der Waals surface area contributed by atoms with Gasteiger partial charge in [-0.2, -0.15) is 0 Å². The molecule has 0 fully saturated rings. The average Bonchev–Trinajstić information content (AvgIpc) is 2.35. The summed E-state index contributed by atoms with van der Waals surface area (Å²) in [6, 6.07) is 5.62. The number of nitrogens with one attached hydrogen (secondary N) is 1. The molecule has 1 N–H and O–H groups in total. The second kappa shape index (κ2) is 7.42. The first kappa shape index (κ1) is 15.0. The van der Waals surface area contributed by atoms with Gasteiger partial charge in [0.25, 0.3) is 0 Å². The molecule has 1 aromatic rings. The molecule has 0 aliphatic rings. The minimum Gasteiger partial charge on any atom is -0.326 e. The van der Waals surface area contributed by atoms with Crippen molar-refractivity contribution < 1.29 is 4.79 Å². The van der Waals surface area contributed by atoms with Crippen LogP contribution in [-0.2, 0) is 4.79 Å². The van der Waals surface area contributed by atoms with Crippen molar-refractivity contribution in [2.24, 2.45) is 5.92 Å². The van der Waals surface area contributed by atoms with Gasteiger partial charge in [0.15, 0.2) is 0 Å². The monoisotopic (exact) mass is 267 g/mol. The van der Waals surface area contributed by atoms with Crippen LogP contribution in [0.25, 0.3) is 0 Å². The van der Waals surface area contributed by atoms with Gasteiger partial charge in [-0.25, -0.2) is 0 Å². The van der Waals surface area contributed by atoms with E-state index in [0.29, 0.717) is 5.02 Å². The molecule has 0 saturated carbocycles. The predicted octanol–water partition coefficient (Wildman–Crippen LogP) is 4.80. The van der Waals surface area contributed by atoms with E-state index in [9.17, 15) is 4.79 Å². The van der Waals surface area contributed by atoms with E-state index in [4.69, 9.17) is 11.6 Å². The van der Waals surface area contributed by atoms with E-state index < -0.39 is 0 Å². The summed E-state index contributed by atoms with van der Waals surface area (Å²) in [6.45, 7) is 6.15. The van der Waals surface area contributed by atoms with Crippen LogP contribution in [0.3, 0.4) is 0 Å². The SMILES string of the molecule is CCCCC(CC)C(=O)Nc1ccc(C)c(Cl)c1. The van der Waals surface area contributed by atoms with E-state index in [-0.39, 0.29) is 11.8 Å². The Morgan fingerprint density at radius 2 is 2.11 bits per heavy atom. The highest BCUT2D eigenvalue weighted by atomic mass is 35.5. The molecule has 100 valence electrons. The van der Waals surface area contributed by atoms with Gasteiger partial charge < -0.3 is 5.32 Å². The van der Waals surface area contributed by atoms with Crippen molar-refractivity contribution in [1.29, 1.82) is 0 Å². The molecule has 1 atom stereocenters. The van der Waals surface area contributed by atoms with Gasteiger partial charge in [0.1, 0.15) is 0 Å². The first-order valence-corrected chi connectivity index (χ1v) is 7.03. The molecule has 3 heteroatoms. The zero-order valence-corrected chi connectivity index (χ0v) is 12.2. The van der Waals surface area contributed by atoms with Gasteiger partial charge in [-0.05, 0) is 37.5 Å². The van der Waals surface area contributed by atoms with Crippen LogP contribution in [0.4, 0.5) is 5.69 Å². The highest BCUT2D eigenvalue weighted by Gasteiger charge is 2.15. The molecule has 0 bridgehead atoms. The van der Waals surface area contributed by atoms with Crippen LogP contribution < -0.4 is 5.32 Å². The number of benzene rings is 1. The number of carbonyl (C=O) groups excluding carboxylic acids is 1. The van der Waals surface area contributed by atoms with Crippen molar-refractivity contribution in [3.63, 3.8) is 0 Å². The number of aryl methyl sites for hydroxylation is 1. The second-order valence-electron chi connectivity index (χ2n) is 4.70. The summed E-state index contributed by atoms with van der Waals surface area (Å²) in [5.41, 5.74) is 1.80. The van der Waals surface area contributed by atoms with Crippen molar-refractivity contribution in [3.05, 3.63) is 28.8 Å². The van der Waals surface area contributed by atoms with Crippen LogP contribution in [0.15, 0.2) is 18.2 Å². The number of hydrogen-bond donors (Lipinski definition) is 1. The average molecular weight is 268 g/mol. The summed E-state index contributed by atoms with van der Waals surface area (Å²) >= 11 is 6.04. The Labute approximate surface area is 115 Å². The van der Waals surface area contributed by atoms with Crippen LogP contribution in [0, 0.1) is 12.8 Å². The number of rotatable bonds is 6. The van der Waals surface area contributed by atoms with Crippen LogP contribution in [0.2, 0.25) is 5.02 Å². The fourth-order valence-electron chi connectivity index (χ4n) is 1.89. The van der Waals surface area contributed by atoms with Crippen molar-refractivity contribution in [3.8, 4) is 0 Å². The van der Waals surface area contributed by atoms with Gasteiger partial charge in [0.05, 0.1) is 0 Å². The van der Waals surface area contributed by atoms with Crippen molar-refractivity contribution >= 4 is 23.2 Å². The Bertz CT molecular complexity index is 403. The topological polar surface area (TPSA) is 29.1 Å². The first-order chi connectivity index (χ1) is 8.58. The molecule has 0 aliphatic heterocycles. The zero-order valence-electron chi connectivity index (χ0n) is 11.4. The molecule has 1 aromatic carbocycles. The summed E-state index contributed by atoms with van der Waals surface area (Å²) in [4.78, 5) is 12.1. The molecule has 0 aromatic heterocycles. The minimum atomic E-state index is 0.102. The van der Waals surface area contributed by atoms with E-state index in [1.807, 2.05) is 19.1 Å². The van der Waals surface area contributed by atoms with Gasteiger partial charge >= 0.3 is 0 Å². The fraction of sp³-hybridized carbons (Fsp3) is 0.533. The lowest BCUT2D eigenvalue weighted by Crippen LogP contribution is -2.22. The third-order valence-corrected chi connectivity index (χ3v) is 3.62. The third-order valence-electron chi connectivity index (χ3n) is 3.21. The second-order valence-corrected chi connectivity index (χ2v) is 5.11. The highest BCUT2D eigenvalue weighted by molar-refractivity contribution is 6.31. The third kappa shape index (κ3) is 4.34. The fourth-order valence-corrected chi connectivity index (χ4v) is 2.07. The van der Waals surface area contributed by atoms with Crippen LogP contribution in [0.1, 0.15) is 45.1 Å². The number of anilines is 1. The largest absolute Gasteiger partial charge is 0.326 e. The van der Waals surface area contributed by atoms with E-state index in [1.54, 1.807) is 6.07 Å². The first-order valence-electron chi connectivity index (χ1n) is 6.65. The van der Waals surface area contributed by atoms with E-state index in [1.165, 1.54) is 0 Å². The molecule has 0 radical (unpaired) electrons. The smallest absolute Gasteiger partial charge is 0.227 e. The van der Waals surface area contributed by atoms with Crippen molar-refractivity contribution in [2.45, 2.75) is 46.5 Å². The molecule has 1 rings (SSSR count). The molecule has 0 spiro atoms. The quantitative estimate of drug-likeness (QED) is 0.788. The maximum Gasteiger partial charge on any atom is 0.227 e. The zero-order chi connectivity index (χ0) is 13.5. The molecule has 0 aliphatic carbocycles. The summed E-state index contributed by atoms with van der Waals surface area (Å²) in [5, 5.41) is 3.64. The highest BCUT2D eigenvalue weighted by Crippen LogP contribution is 2.21. The lowest BCUT2D eigenvalue weighted by Gasteiger charge is -2.15. The predicted molar refractivity (Wildman–Crippen MR) is 78.1 cm³/mol. The lowest BCUT2D eigenvalue weighted by molar-refractivity contribution is -0.120. The number of hydrogen-bond acceptors (Lipinski definition) is 1. The van der Waals surface area contributed by atoms with E-state index in [0.717, 1.165) is 36.9 Å². The molecule has 18 heavy (non-hydrogen) atoms. The Kier molecular flexibility index (Phi) is 6.20. The summed E-state index contributed by atoms with van der Waals surface area (Å²) in [5.74, 6) is 0.205. The Morgan fingerprint density at radius 3 is 2.67 bits per heavy atom. The number of halogens is 1. The summed E-state index contributed by atoms with van der Waals surface area (Å²) < 4.78 is 0. The molecule has 1 unspecified atom stereocenters. The maximum absolute atomic E-state index is 12.1. The Hall–Kier alpha value is -1.02. The van der Waals surface area contributed by atoms with E-state index >= 15 is 0 Å². The van der Waals surface area contributed by atoms with Crippen LogP contribution >= 0.6 is 11.6 Å². The standard InChI is InChI=1S/C15H22ClNO/c1-4-6-7-12(5-2)15(18)17-13-9-8-11(3)14(16)10-13/h8-10,12H,4-7H2,1-3H3,(H,17,18). The van der Waals surface area contributed by atoms with E-state index in [2.05, 4.69) is 19.2 Å². The number of unbranched alkanes of at least 4 members (excludes halogenated alkanes) is 1. The molecule has 0 heterocycles. The van der Waals surface area contributed by atoms with Gasteiger partial charge in [0, 0.05) is 16.6 Å². The van der Waals surface area contributed by atoms with Gasteiger partial charge in [-0.3, -0.25) is 4.79 Å².